The number of rotatable bonds is 6. The average molecular weight is 323 g/mol. The molecule has 0 aromatic carbocycles. The second-order valence-electron chi connectivity index (χ2n) is 5.07. The number of nitrogens with zero attached hydrogens (tertiary/aromatic N) is 4. The number of thiophene rings is 1. The molecule has 1 amide bonds. The van der Waals surface area contributed by atoms with Gasteiger partial charge in [0.25, 0.3) is 5.91 Å². The lowest BCUT2D eigenvalue weighted by Crippen LogP contribution is -2.38. The molecule has 1 N–H and O–H groups in total. The molecule has 0 aliphatic heterocycles. The minimum Gasteiger partial charge on any atom is -0.451 e. The molecule has 2 aromatic rings. The van der Waals surface area contributed by atoms with Crippen molar-refractivity contribution in [3.63, 3.8) is 0 Å². The van der Waals surface area contributed by atoms with Crippen LogP contribution in [-0.2, 0) is 9.53 Å². The largest absolute Gasteiger partial charge is 0.451 e. The number of hydrogen-bond donors (Lipinski definition) is 1. The van der Waals surface area contributed by atoms with Crippen LogP contribution in [0.3, 0.4) is 0 Å². The van der Waals surface area contributed by atoms with Gasteiger partial charge in [0.2, 0.25) is 0 Å². The third kappa shape index (κ3) is 3.88. The summed E-state index contributed by atoms with van der Waals surface area (Å²) in [5.74, 6) is -0.591. The zero-order valence-electron chi connectivity index (χ0n) is 12.5. The summed E-state index contributed by atoms with van der Waals surface area (Å²) >= 11 is 1.20. The number of nitrogens with one attached hydrogen (secondary N) is 1. The highest BCUT2D eigenvalue weighted by molar-refractivity contribution is 7.12. The molecule has 22 heavy (non-hydrogen) atoms. The molecule has 2 heterocycles. The average Bonchev–Trinajstić information content (AvgIpc) is 3.14. The smallest absolute Gasteiger partial charge is 0.351 e. The number of carbonyl (C=O) groups is 2. The van der Waals surface area contributed by atoms with Gasteiger partial charge in [0.15, 0.2) is 6.61 Å². The van der Waals surface area contributed by atoms with Gasteiger partial charge in [-0.1, -0.05) is 13.8 Å². The van der Waals surface area contributed by atoms with Crippen LogP contribution in [0.15, 0.2) is 17.8 Å². The van der Waals surface area contributed by atoms with Gasteiger partial charge in [-0.05, 0) is 34.7 Å². The van der Waals surface area contributed by atoms with Gasteiger partial charge in [-0.2, -0.15) is 4.68 Å². The highest BCUT2D eigenvalue weighted by Gasteiger charge is 2.19. The Labute approximate surface area is 131 Å². The van der Waals surface area contributed by atoms with Crippen LogP contribution < -0.4 is 5.32 Å². The van der Waals surface area contributed by atoms with Crippen LogP contribution >= 0.6 is 11.3 Å². The van der Waals surface area contributed by atoms with Crippen molar-refractivity contribution in [1.29, 1.82) is 0 Å². The Morgan fingerprint density at radius 3 is 2.82 bits per heavy atom. The number of hydrogen-bond acceptors (Lipinski definition) is 7. The minimum absolute atomic E-state index is 0.0183. The molecule has 2 aromatic heterocycles. The summed E-state index contributed by atoms with van der Waals surface area (Å²) in [6.45, 7) is 5.59. The Morgan fingerprint density at radius 2 is 2.18 bits per heavy atom. The van der Waals surface area contributed by atoms with Crippen molar-refractivity contribution in [3.8, 4) is 5.69 Å². The fourth-order valence-corrected chi connectivity index (χ4v) is 2.34. The molecule has 9 heteroatoms. The molecule has 0 saturated heterocycles. The molecule has 0 saturated carbocycles. The second-order valence-corrected chi connectivity index (χ2v) is 5.98. The fraction of sp³-hybridized carbons (Fsp3) is 0.462. The number of esters is 1. The molecule has 0 fully saturated rings. The van der Waals surface area contributed by atoms with Crippen molar-refractivity contribution in [1.82, 2.24) is 25.5 Å². The van der Waals surface area contributed by atoms with Gasteiger partial charge in [0, 0.05) is 6.04 Å². The van der Waals surface area contributed by atoms with Gasteiger partial charge >= 0.3 is 5.97 Å². The first-order chi connectivity index (χ1) is 10.5. The number of carbonyl (C=O) groups excluding carboxylic acids is 2. The molecule has 0 unspecified atom stereocenters. The van der Waals surface area contributed by atoms with E-state index in [1.54, 1.807) is 11.4 Å². The zero-order chi connectivity index (χ0) is 16.1. The zero-order valence-corrected chi connectivity index (χ0v) is 13.3. The maximum Gasteiger partial charge on any atom is 0.351 e. The van der Waals surface area contributed by atoms with Gasteiger partial charge < -0.3 is 10.1 Å². The van der Waals surface area contributed by atoms with Crippen molar-refractivity contribution < 1.29 is 14.3 Å². The van der Waals surface area contributed by atoms with E-state index in [-0.39, 0.29) is 18.6 Å². The van der Waals surface area contributed by atoms with Crippen molar-refractivity contribution in [2.75, 3.05) is 6.61 Å². The lowest BCUT2D eigenvalue weighted by atomic mass is 10.1. The number of tetrazole rings is 1. The highest BCUT2D eigenvalue weighted by Crippen LogP contribution is 2.20. The summed E-state index contributed by atoms with van der Waals surface area (Å²) in [6, 6.07) is 1.73. The summed E-state index contributed by atoms with van der Waals surface area (Å²) < 4.78 is 6.41. The van der Waals surface area contributed by atoms with Crippen molar-refractivity contribution >= 4 is 23.2 Å². The van der Waals surface area contributed by atoms with Crippen molar-refractivity contribution in [2.24, 2.45) is 5.92 Å². The Morgan fingerprint density at radius 1 is 1.41 bits per heavy atom. The third-order valence-corrected chi connectivity index (χ3v) is 4.03. The number of aromatic nitrogens is 4. The Kier molecular flexibility index (Phi) is 5.21. The van der Waals surface area contributed by atoms with Crippen LogP contribution in [-0.4, -0.2) is 44.7 Å². The molecule has 1 atom stereocenters. The topological polar surface area (TPSA) is 99.0 Å². The summed E-state index contributed by atoms with van der Waals surface area (Å²) in [5, 5.41) is 15.3. The number of amides is 1. The Bertz CT molecular complexity index is 638. The molecule has 0 aliphatic rings. The fourth-order valence-electron chi connectivity index (χ4n) is 1.57. The molecular weight excluding hydrogens is 306 g/mol. The monoisotopic (exact) mass is 323 g/mol. The van der Waals surface area contributed by atoms with E-state index in [0.29, 0.717) is 16.5 Å². The highest BCUT2D eigenvalue weighted by atomic mass is 32.1. The molecule has 8 nitrogen and oxygen atoms in total. The van der Waals surface area contributed by atoms with Gasteiger partial charge in [-0.3, -0.25) is 4.79 Å². The van der Waals surface area contributed by atoms with Gasteiger partial charge in [0.1, 0.15) is 11.2 Å². The molecule has 0 radical (unpaired) electrons. The van der Waals surface area contributed by atoms with Crippen LogP contribution in [0, 0.1) is 5.92 Å². The maximum absolute atomic E-state index is 12.1. The van der Waals surface area contributed by atoms with Crippen molar-refractivity contribution in [3.05, 3.63) is 22.7 Å². The van der Waals surface area contributed by atoms with Crippen LogP contribution in [0.4, 0.5) is 0 Å². The lowest BCUT2D eigenvalue weighted by Gasteiger charge is -2.17. The predicted octanol–water partition coefficient (Wildman–Crippen LogP) is 1.04. The predicted molar refractivity (Wildman–Crippen MR) is 79.8 cm³/mol. The third-order valence-electron chi connectivity index (χ3n) is 3.15. The van der Waals surface area contributed by atoms with E-state index in [9.17, 15) is 9.59 Å². The standard InChI is InChI=1S/C13H17N5O3S/c1-8(2)9(3)15-11(19)6-21-13(20)12-10(4-5-22-12)18-7-14-16-17-18/h4-5,7-9H,6H2,1-3H3,(H,15,19)/t9-/m1/s1. The molecule has 0 spiro atoms. The summed E-state index contributed by atoms with van der Waals surface area (Å²) in [7, 11) is 0. The molecule has 0 bridgehead atoms. The number of ether oxygens (including phenoxy) is 1. The van der Waals surface area contributed by atoms with E-state index in [4.69, 9.17) is 4.74 Å². The van der Waals surface area contributed by atoms with E-state index in [2.05, 4.69) is 20.8 Å². The summed E-state index contributed by atoms with van der Waals surface area (Å²) in [4.78, 5) is 24.1. The Hall–Kier alpha value is -2.29. The minimum atomic E-state index is -0.576. The van der Waals surface area contributed by atoms with Gasteiger partial charge in [-0.25, -0.2) is 4.79 Å². The van der Waals surface area contributed by atoms with Gasteiger partial charge in [0.05, 0.1) is 5.69 Å². The van der Waals surface area contributed by atoms with Crippen LogP contribution in [0.1, 0.15) is 30.4 Å². The molecule has 2 rings (SSSR count). The first-order valence-electron chi connectivity index (χ1n) is 6.76. The van der Waals surface area contributed by atoms with E-state index >= 15 is 0 Å². The molecular formula is C13H17N5O3S. The first kappa shape index (κ1) is 16.1. The Balaban J connectivity index is 1.94. The molecule has 118 valence electrons. The molecule has 0 aliphatic carbocycles. The van der Waals surface area contributed by atoms with Crippen LogP contribution in [0.25, 0.3) is 5.69 Å². The summed E-state index contributed by atoms with van der Waals surface area (Å²) in [6.07, 6.45) is 1.38. The van der Waals surface area contributed by atoms with Crippen LogP contribution in [0.5, 0.6) is 0 Å². The maximum atomic E-state index is 12.1. The van der Waals surface area contributed by atoms with Crippen LogP contribution in [0.2, 0.25) is 0 Å². The van der Waals surface area contributed by atoms with E-state index < -0.39 is 5.97 Å². The van der Waals surface area contributed by atoms with E-state index in [1.165, 1.54) is 22.3 Å². The second kappa shape index (κ2) is 7.12. The van der Waals surface area contributed by atoms with E-state index in [1.807, 2.05) is 20.8 Å². The quantitative estimate of drug-likeness (QED) is 0.798. The van der Waals surface area contributed by atoms with Crippen molar-refractivity contribution in [2.45, 2.75) is 26.8 Å². The van der Waals surface area contributed by atoms with Gasteiger partial charge in [-0.15, -0.1) is 16.4 Å². The SMILES string of the molecule is CC(C)[C@@H](C)NC(=O)COC(=O)c1sccc1-n1cnnn1. The van der Waals surface area contributed by atoms with E-state index in [0.717, 1.165) is 0 Å². The normalized spacial score (nSPS) is 12.2. The first-order valence-corrected chi connectivity index (χ1v) is 7.64. The lowest BCUT2D eigenvalue weighted by molar-refractivity contribution is -0.125. The summed E-state index contributed by atoms with van der Waals surface area (Å²) in [5.41, 5.74) is 0.524.